The highest BCUT2D eigenvalue weighted by Crippen LogP contribution is 2.22. The largest absolute Gasteiger partial charge is 0.478 e. The molecule has 6 heteroatoms. The second-order valence-electron chi connectivity index (χ2n) is 5.12. The van der Waals surface area contributed by atoms with E-state index in [4.69, 9.17) is 5.11 Å². The normalized spacial score (nSPS) is 11.1. The van der Waals surface area contributed by atoms with Gasteiger partial charge in [0, 0.05) is 12.6 Å². The molecule has 110 valence electrons. The summed E-state index contributed by atoms with van der Waals surface area (Å²) in [6.07, 6.45) is 0.708. The molecule has 1 aromatic rings. The molecule has 20 heavy (non-hydrogen) atoms. The van der Waals surface area contributed by atoms with Crippen molar-refractivity contribution < 1.29 is 19.1 Å². The first-order chi connectivity index (χ1) is 9.20. The summed E-state index contributed by atoms with van der Waals surface area (Å²) in [4.78, 5) is 24.6. The van der Waals surface area contributed by atoms with Gasteiger partial charge in [-0.3, -0.25) is 0 Å². The van der Waals surface area contributed by atoms with Gasteiger partial charge in [-0.1, -0.05) is 13.0 Å². The van der Waals surface area contributed by atoms with Crippen LogP contribution in [0.5, 0.6) is 0 Å². The predicted molar refractivity (Wildman–Crippen MR) is 74.5 cm³/mol. The Morgan fingerprint density at radius 1 is 1.40 bits per heavy atom. The quantitative estimate of drug-likeness (QED) is 0.891. The van der Waals surface area contributed by atoms with Crippen LogP contribution in [0.4, 0.5) is 14.9 Å². The Morgan fingerprint density at radius 2 is 2.00 bits per heavy atom. The Hall–Kier alpha value is -2.11. The van der Waals surface area contributed by atoms with Crippen LogP contribution < -0.4 is 5.32 Å². The summed E-state index contributed by atoms with van der Waals surface area (Å²) in [5.41, 5.74) is -1.01. The molecule has 1 aromatic carbocycles. The third kappa shape index (κ3) is 3.26. The van der Waals surface area contributed by atoms with Crippen molar-refractivity contribution in [1.29, 1.82) is 0 Å². The number of nitrogens with zero attached hydrogens (tertiary/aromatic N) is 1. The molecule has 0 saturated carbocycles. The van der Waals surface area contributed by atoms with Gasteiger partial charge in [-0.2, -0.15) is 0 Å². The van der Waals surface area contributed by atoms with Crippen LogP contribution in [0.1, 0.15) is 37.6 Å². The Bertz CT molecular complexity index is 529. The number of aromatic carboxylic acids is 1. The van der Waals surface area contributed by atoms with Crippen LogP contribution in [0.2, 0.25) is 0 Å². The monoisotopic (exact) mass is 282 g/mol. The zero-order valence-corrected chi connectivity index (χ0v) is 12.0. The molecule has 2 amide bonds. The fourth-order valence-electron chi connectivity index (χ4n) is 1.53. The number of benzene rings is 1. The van der Waals surface area contributed by atoms with E-state index in [1.165, 1.54) is 17.0 Å². The lowest BCUT2D eigenvalue weighted by Gasteiger charge is -2.34. The Morgan fingerprint density at radius 3 is 2.50 bits per heavy atom. The fourth-order valence-corrected chi connectivity index (χ4v) is 1.53. The van der Waals surface area contributed by atoms with E-state index >= 15 is 0 Å². The molecule has 5 nitrogen and oxygen atoms in total. The molecule has 0 aliphatic rings. The molecule has 1 rings (SSSR count). The van der Waals surface area contributed by atoms with Crippen molar-refractivity contribution in [2.75, 3.05) is 12.4 Å². The number of para-hydroxylation sites is 1. The maximum Gasteiger partial charge on any atom is 0.337 e. The Kier molecular flexibility index (Phi) is 4.70. The maximum atomic E-state index is 13.7. The molecule has 0 bridgehead atoms. The smallest absolute Gasteiger partial charge is 0.337 e. The van der Waals surface area contributed by atoms with Gasteiger partial charge in [0.1, 0.15) is 5.82 Å². The van der Waals surface area contributed by atoms with Crippen molar-refractivity contribution >= 4 is 17.7 Å². The summed E-state index contributed by atoms with van der Waals surface area (Å²) in [6.45, 7) is 5.66. The number of rotatable bonds is 4. The van der Waals surface area contributed by atoms with E-state index < -0.39 is 23.4 Å². The summed E-state index contributed by atoms with van der Waals surface area (Å²) in [5.74, 6) is -2.07. The van der Waals surface area contributed by atoms with Crippen molar-refractivity contribution in [3.05, 3.63) is 29.6 Å². The number of carboxylic acid groups (broad SMARTS) is 1. The molecular formula is C14H19FN2O3. The minimum Gasteiger partial charge on any atom is -0.478 e. The first-order valence-electron chi connectivity index (χ1n) is 6.27. The lowest BCUT2D eigenvalue weighted by molar-refractivity contribution is 0.0697. The number of carboxylic acids is 1. The van der Waals surface area contributed by atoms with E-state index in [2.05, 4.69) is 5.32 Å². The molecule has 0 aromatic heterocycles. The molecule has 2 N–H and O–H groups in total. The molecule has 0 radical (unpaired) electrons. The van der Waals surface area contributed by atoms with Gasteiger partial charge in [-0.25, -0.2) is 14.0 Å². The van der Waals surface area contributed by atoms with Crippen LogP contribution in [0.15, 0.2) is 18.2 Å². The van der Waals surface area contributed by atoms with E-state index in [0.717, 1.165) is 6.07 Å². The van der Waals surface area contributed by atoms with Crippen LogP contribution in [-0.2, 0) is 0 Å². The number of halogens is 1. The first-order valence-corrected chi connectivity index (χ1v) is 6.27. The third-order valence-electron chi connectivity index (χ3n) is 3.55. The molecular weight excluding hydrogens is 263 g/mol. The van der Waals surface area contributed by atoms with E-state index in [1.807, 2.05) is 20.8 Å². The molecule has 0 fully saturated rings. The average molecular weight is 282 g/mol. The number of amides is 2. The maximum absolute atomic E-state index is 13.7. The van der Waals surface area contributed by atoms with Gasteiger partial charge in [-0.05, 0) is 32.4 Å². The predicted octanol–water partition coefficient (Wildman–Crippen LogP) is 3.18. The van der Waals surface area contributed by atoms with Gasteiger partial charge in [0.25, 0.3) is 0 Å². The van der Waals surface area contributed by atoms with Crippen molar-refractivity contribution in [2.24, 2.45) is 0 Å². The minimum absolute atomic E-state index is 0.277. The molecule has 0 atom stereocenters. The zero-order valence-electron chi connectivity index (χ0n) is 12.0. The van der Waals surface area contributed by atoms with Crippen molar-refractivity contribution in [2.45, 2.75) is 32.7 Å². The molecule has 0 spiro atoms. The molecule has 0 aliphatic heterocycles. The summed E-state index contributed by atoms with van der Waals surface area (Å²) in [5, 5.41) is 11.3. The van der Waals surface area contributed by atoms with E-state index in [-0.39, 0.29) is 11.3 Å². The van der Waals surface area contributed by atoms with Crippen LogP contribution in [-0.4, -0.2) is 34.6 Å². The summed E-state index contributed by atoms with van der Waals surface area (Å²) in [6, 6.07) is 3.08. The number of carbonyl (C=O) groups excluding carboxylic acids is 1. The van der Waals surface area contributed by atoms with Gasteiger partial charge < -0.3 is 15.3 Å². The van der Waals surface area contributed by atoms with Crippen LogP contribution in [0.3, 0.4) is 0 Å². The van der Waals surface area contributed by atoms with Crippen LogP contribution >= 0.6 is 0 Å². The van der Waals surface area contributed by atoms with Gasteiger partial charge in [-0.15, -0.1) is 0 Å². The number of hydrogen-bond donors (Lipinski definition) is 2. The van der Waals surface area contributed by atoms with Crippen molar-refractivity contribution in [1.82, 2.24) is 4.90 Å². The molecule has 0 heterocycles. The molecule has 0 saturated heterocycles. The van der Waals surface area contributed by atoms with E-state index in [9.17, 15) is 14.0 Å². The van der Waals surface area contributed by atoms with Gasteiger partial charge >= 0.3 is 12.0 Å². The average Bonchev–Trinajstić information content (AvgIpc) is 2.39. The topological polar surface area (TPSA) is 69.6 Å². The standard InChI is InChI=1S/C14H19FN2O3/c1-5-14(2,3)17(4)13(20)16-11-9(12(18)19)7-6-8-10(11)15/h6-8H,5H2,1-4H3,(H,16,20)(H,18,19). The SMILES string of the molecule is CCC(C)(C)N(C)C(=O)Nc1c(F)cccc1C(=O)O. The number of anilines is 1. The third-order valence-corrected chi connectivity index (χ3v) is 3.55. The van der Waals surface area contributed by atoms with Crippen LogP contribution in [0, 0.1) is 5.82 Å². The molecule has 0 aliphatic carbocycles. The number of urea groups is 1. The summed E-state index contributed by atoms with van der Waals surface area (Å²) >= 11 is 0. The lowest BCUT2D eigenvalue weighted by atomic mass is 10.0. The Labute approximate surface area is 117 Å². The summed E-state index contributed by atoms with van der Waals surface area (Å²) in [7, 11) is 1.58. The number of hydrogen-bond acceptors (Lipinski definition) is 2. The van der Waals surface area contributed by atoms with Gasteiger partial charge in [0.2, 0.25) is 0 Å². The highest BCUT2D eigenvalue weighted by Gasteiger charge is 2.27. The highest BCUT2D eigenvalue weighted by atomic mass is 19.1. The van der Waals surface area contributed by atoms with E-state index in [1.54, 1.807) is 7.05 Å². The number of carbonyl (C=O) groups is 2. The second-order valence-corrected chi connectivity index (χ2v) is 5.12. The number of nitrogens with one attached hydrogen (secondary N) is 1. The highest BCUT2D eigenvalue weighted by molar-refractivity contribution is 6.00. The Balaban J connectivity index is 3.05. The van der Waals surface area contributed by atoms with E-state index in [0.29, 0.717) is 6.42 Å². The van der Waals surface area contributed by atoms with Crippen molar-refractivity contribution in [3.63, 3.8) is 0 Å². The van der Waals surface area contributed by atoms with Crippen LogP contribution in [0.25, 0.3) is 0 Å². The minimum atomic E-state index is -1.29. The summed E-state index contributed by atoms with van der Waals surface area (Å²) < 4.78 is 13.7. The second kappa shape index (κ2) is 5.90. The zero-order chi connectivity index (χ0) is 15.5. The first kappa shape index (κ1) is 15.9. The van der Waals surface area contributed by atoms with Gasteiger partial charge in [0.05, 0.1) is 11.3 Å². The molecule has 0 unspecified atom stereocenters. The van der Waals surface area contributed by atoms with Crippen molar-refractivity contribution in [3.8, 4) is 0 Å². The lowest BCUT2D eigenvalue weighted by Crippen LogP contribution is -2.46. The van der Waals surface area contributed by atoms with Gasteiger partial charge in [0.15, 0.2) is 0 Å². The fraction of sp³-hybridized carbons (Fsp3) is 0.429.